The predicted octanol–water partition coefficient (Wildman–Crippen LogP) is 1.27. The number of carbonyl (C=O) groups is 1. The summed E-state index contributed by atoms with van der Waals surface area (Å²) in [7, 11) is 4.13. The van der Waals surface area contributed by atoms with Crippen molar-refractivity contribution in [2.75, 3.05) is 46.8 Å². The molecule has 0 N–H and O–H groups in total. The molecule has 1 aliphatic heterocycles. The van der Waals surface area contributed by atoms with E-state index >= 15 is 0 Å². The lowest BCUT2D eigenvalue weighted by Gasteiger charge is -2.41. The summed E-state index contributed by atoms with van der Waals surface area (Å²) >= 11 is 0. The van der Waals surface area contributed by atoms with Crippen molar-refractivity contribution in [1.29, 1.82) is 0 Å². The van der Waals surface area contributed by atoms with Gasteiger partial charge in [0.15, 0.2) is 0 Å². The van der Waals surface area contributed by atoms with Crippen LogP contribution in [-0.4, -0.2) is 73.5 Å². The maximum Gasteiger partial charge on any atom is 0.236 e. The number of hydrogen-bond acceptors (Lipinski definition) is 3. The Morgan fingerprint density at radius 3 is 2.47 bits per heavy atom. The topological polar surface area (TPSA) is 26.8 Å². The number of likely N-dealkylation sites (N-methyl/N-ethyl adjacent to an activating group) is 1. The molecular weight excluding hydrogens is 238 g/mol. The lowest BCUT2D eigenvalue weighted by atomic mass is 9.84. The van der Waals surface area contributed by atoms with Crippen molar-refractivity contribution in [3.8, 4) is 0 Å². The van der Waals surface area contributed by atoms with E-state index in [1.165, 1.54) is 32.2 Å². The molecule has 1 aliphatic carbocycles. The zero-order valence-electron chi connectivity index (χ0n) is 12.8. The van der Waals surface area contributed by atoms with Crippen LogP contribution in [0.1, 0.15) is 32.6 Å². The monoisotopic (exact) mass is 267 g/mol. The number of hydrogen-bond donors (Lipinski definition) is 0. The van der Waals surface area contributed by atoms with Crippen LogP contribution in [0.2, 0.25) is 0 Å². The summed E-state index contributed by atoms with van der Waals surface area (Å²) in [5, 5.41) is 0. The van der Waals surface area contributed by atoms with Crippen LogP contribution < -0.4 is 0 Å². The average Bonchev–Trinajstić information content (AvgIpc) is 2.42. The van der Waals surface area contributed by atoms with E-state index in [0.29, 0.717) is 18.5 Å². The number of rotatable bonds is 4. The quantitative estimate of drug-likeness (QED) is 0.767. The van der Waals surface area contributed by atoms with Crippen LogP contribution in [0.25, 0.3) is 0 Å². The Labute approximate surface area is 117 Å². The first-order chi connectivity index (χ1) is 9.10. The van der Waals surface area contributed by atoms with Gasteiger partial charge >= 0.3 is 0 Å². The van der Waals surface area contributed by atoms with Gasteiger partial charge in [-0.1, -0.05) is 6.92 Å². The first-order valence-corrected chi connectivity index (χ1v) is 7.76. The highest BCUT2D eigenvalue weighted by atomic mass is 16.2. The van der Waals surface area contributed by atoms with Gasteiger partial charge in [0, 0.05) is 32.7 Å². The van der Waals surface area contributed by atoms with E-state index in [9.17, 15) is 4.79 Å². The normalized spacial score (nSPS) is 30.1. The molecule has 1 amide bonds. The van der Waals surface area contributed by atoms with Gasteiger partial charge in [0.25, 0.3) is 0 Å². The van der Waals surface area contributed by atoms with Crippen LogP contribution in [-0.2, 0) is 4.79 Å². The second kappa shape index (κ2) is 6.71. The van der Waals surface area contributed by atoms with Gasteiger partial charge in [-0.3, -0.25) is 9.69 Å². The Balaban J connectivity index is 1.75. The Morgan fingerprint density at radius 2 is 1.89 bits per heavy atom. The third kappa shape index (κ3) is 3.93. The molecule has 0 spiro atoms. The van der Waals surface area contributed by atoms with Crippen LogP contribution in [0.3, 0.4) is 0 Å². The highest BCUT2D eigenvalue weighted by Crippen LogP contribution is 2.28. The van der Waals surface area contributed by atoms with Crippen molar-refractivity contribution in [3.05, 3.63) is 0 Å². The fourth-order valence-electron chi connectivity index (χ4n) is 3.35. The van der Waals surface area contributed by atoms with Gasteiger partial charge in [-0.2, -0.15) is 0 Å². The first kappa shape index (κ1) is 14.8. The summed E-state index contributed by atoms with van der Waals surface area (Å²) in [6.45, 7) is 7.21. The van der Waals surface area contributed by atoms with E-state index in [1.807, 2.05) is 11.9 Å². The van der Waals surface area contributed by atoms with Gasteiger partial charge in [0.1, 0.15) is 0 Å². The summed E-state index contributed by atoms with van der Waals surface area (Å²) in [6.07, 6.45) is 5.21. The predicted molar refractivity (Wildman–Crippen MR) is 78.1 cm³/mol. The van der Waals surface area contributed by atoms with E-state index in [-0.39, 0.29) is 0 Å². The zero-order chi connectivity index (χ0) is 13.8. The van der Waals surface area contributed by atoms with Gasteiger partial charge in [-0.15, -0.1) is 0 Å². The summed E-state index contributed by atoms with van der Waals surface area (Å²) in [5.74, 6) is 1.16. The summed E-state index contributed by atoms with van der Waals surface area (Å²) in [4.78, 5) is 18.5. The second-order valence-electron chi connectivity index (χ2n) is 6.32. The lowest BCUT2D eigenvalue weighted by Crippen LogP contribution is -2.53. The average molecular weight is 267 g/mol. The summed E-state index contributed by atoms with van der Waals surface area (Å²) in [5.41, 5.74) is 0. The Bertz CT molecular complexity index is 300. The smallest absolute Gasteiger partial charge is 0.236 e. The van der Waals surface area contributed by atoms with Crippen molar-refractivity contribution in [1.82, 2.24) is 14.7 Å². The van der Waals surface area contributed by atoms with Crippen molar-refractivity contribution in [2.24, 2.45) is 5.92 Å². The fourth-order valence-corrected chi connectivity index (χ4v) is 3.35. The molecule has 2 fully saturated rings. The van der Waals surface area contributed by atoms with E-state index in [4.69, 9.17) is 0 Å². The minimum absolute atomic E-state index is 0.291. The van der Waals surface area contributed by atoms with Crippen LogP contribution in [0.5, 0.6) is 0 Å². The maximum absolute atomic E-state index is 11.8. The molecule has 0 bridgehead atoms. The zero-order valence-corrected chi connectivity index (χ0v) is 12.8. The molecule has 0 aromatic rings. The third-order valence-corrected chi connectivity index (χ3v) is 4.93. The molecule has 4 heteroatoms. The minimum Gasteiger partial charge on any atom is -0.343 e. The van der Waals surface area contributed by atoms with E-state index in [1.54, 1.807) is 0 Å². The molecule has 2 rings (SSSR count). The summed E-state index contributed by atoms with van der Waals surface area (Å²) in [6, 6.07) is 0.654. The van der Waals surface area contributed by atoms with Crippen molar-refractivity contribution >= 4 is 5.91 Å². The number of carbonyl (C=O) groups excluding carboxylic acids is 1. The van der Waals surface area contributed by atoms with Crippen molar-refractivity contribution in [2.45, 2.75) is 38.6 Å². The first-order valence-electron chi connectivity index (χ1n) is 7.76. The van der Waals surface area contributed by atoms with Gasteiger partial charge in [0.05, 0.1) is 6.54 Å². The Hall–Kier alpha value is -0.610. The second-order valence-corrected chi connectivity index (χ2v) is 6.32. The lowest BCUT2D eigenvalue weighted by molar-refractivity contribution is -0.135. The molecule has 1 saturated heterocycles. The molecule has 110 valence electrons. The molecule has 0 unspecified atom stereocenters. The molecule has 0 aromatic heterocycles. The van der Waals surface area contributed by atoms with Crippen LogP contribution in [0.4, 0.5) is 0 Å². The van der Waals surface area contributed by atoms with E-state index in [0.717, 1.165) is 25.6 Å². The number of amides is 1. The molecule has 1 heterocycles. The van der Waals surface area contributed by atoms with Gasteiger partial charge in [-0.25, -0.2) is 0 Å². The Kier molecular flexibility index (Phi) is 5.22. The molecular formula is C15H29N3O. The van der Waals surface area contributed by atoms with Gasteiger partial charge in [-0.05, 0) is 45.2 Å². The van der Waals surface area contributed by atoms with Crippen molar-refractivity contribution in [3.63, 3.8) is 0 Å². The van der Waals surface area contributed by atoms with Gasteiger partial charge < -0.3 is 9.80 Å². The van der Waals surface area contributed by atoms with E-state index < -0.39 is 0 Å². The minimum atomic E-state index is 0.291. The van der Waals surface area contributed by atoms with Gasteiger partial charge in [0.2, 0.25) is 5.91 Å². The molecule has 4 nitrogen and oxygen atoms in total. The van der Waals surface area contributed by atoms with Crippen molar-refractivity contribution < 1.29 is 4.79 Å². The molecule has 0 radical (unpaired) electrons. The molecule has 0 aromatic carbocycles. The fraction of sp³-hybridized carbons (Fsp3) is 0.933. The molecule has 19 heavy (non-hydrogen) atoms. The highest BCUT2D eigenvalue weighted by molar-refractivity contribution is 5.78. The van der Waals surface area contributed by atoms with Crippen LogP contribution in [0.15, 0.2) is 0 Å². The standard InChI is InChI=1S/C15H29N3O/c1-4-16(2)11-13-5-7-14(8-6-13)18-10-9-17(3)15(19)12-18/h13-14H,4-12H2,1-3H3. The van der Waals surface area contributed by atoms with Crippen LogP contribution in [0, 0.1) is 5.92 Å². The highest BCUT2D eigenvalue weighted by Gasteiger charge is 2.30. The molecule has 2 aliphatic rings. The van der Waals surface area contributed by atoms with Crippen LogP contribution >= 0.6 is 0 Å². The summed E-state index contributed by atoms with van der Waals surface area (Å²) < 4.78 is 0. The largest absolute Gasteiger partial charge is 0.343 e. The molecule has 1 saturated carbocycles. The number of nitrogens with zero attached hydrogens (tertiary/aromatic N) is 3. The SMILES string of the molecule is CCN(C)CC1CCC(N2CCN(C)C(=O)C2)CC1. The number of piperazine rings is 1. The maximum atomic E-state index is 11.8. The van der Waals surface area contributed by atoms with E-state index in [2.05, 4.69) is 23.8 Å². The molecule has 0 atom stereocenters. The Morgan fingerprint density at radius 1 is 1.21 bits per heavy atom. The third-order valence-electron chi connectivity index (χ3n) is 4.93.